The minimum Gasteiger partial charge on any atom is -0.344 e. The highest BCUT2D eigenvalue weighted by atomic mass is 32.2. The summed E-state index contributed by atoms with van der Waals surface area (Å²) in [7, 11) is 0. The van der Waals surface area contributed by atoms with Crippen molar-refractivity contribution in [2.75, 3.05) is 5.75 Å². The van der Waals surface area contributed by atoms with Gasteiger partial charge >= 0.3 is 0 Å². The molecule has 4 aromatic rings. The number of amides is 1. The van der Waals surface area contributed by atoms with E-state index < -0.39 is 0 Å². The van der Waals surface area contributed by atoms with E-state index in [0.717, 1.165) is 21.7 Å². The van der Waals surface area contributed by atoms with E-state index in [1.54, 1.807) is 17.7 Å². The Balaban J connectivity index is 1.48. The van der Waals surface area contributed by atoms with Gasteiger partial charge in [0.15, 0.2) is 5.16 Å². The van der Waals surface area contributed by atoms with Crippen molar-refractivity contribution in [2.24, 2.45) is 0 Å². The van der Waals surface area contributed by atoms with Crippen molar-refractivity contribution in [1.29, 1.82) is 0 Å². The van der Waals surface area contributed by atoms with Crippen LogP contribution in [0.1, 0.15) is 27.6 Å². The van der Waals surface area contributed by atoms with E-state index in [-0.39, 0.29) is 17.7 Å². The van der Waals surface area contributed by atoms with Gasteiger partial charge in [0.1, 0.15) is 6.33 Å². The first-order chi connectivity index (χ1) is 14.6. The third kappa shape index (κ3) is 4.63. The summed E-state index contributed by atoms with van der Waals surface area (Å²) in [5.41, 5.74) is 4.40. The fourth-order valence-corrected chi connectivity index (χ4v) is 4.76. The average molecular weight is 435 g/mol. The van der Waals surface area contributed by atoms with Gasteiger partial charge in [0, 0.05) is 4.88 Å². The Bertz CT molecular complexity index is 1120. The highest BCUT2D eigenvalue weighted by Gasteiger charge is 2.19. The summed E-state index contributed by atoms with van der Waals surface area (Å²) in [4.78, 5) is 13.9. The maximum Gasteiger partial charge on any atom is 0.231 e. The normalized spacial score (nSPS) is 11.9. The van der Waals surface area contributed by atoms with E-state index in [1.807, 2.05) is 52.4 Å². The van der Waals surface area contributed by atoms with Crippen molar-refractivity contribution in [1.82, 2.24) is 20.1 Å². The number of hydrogen-bond acceptors (Lipinski definition) is 5. The van der Waals surface area contributed by atoms with Crippen molar-refractivity contribution >= 4 is 29.0 Å². The quantitative estimate of drug-likeness (QED) is 0.419. The van der Waals surface area contributed by atoms with Crippen molar-refractivity contribution < 1.29 is 4.79 Å². The number of rotatable bonds is 7. The molecule has 0 unspecified atom stereocenters. The molecule has 0 aliphatic rings. The number of thiophene rings is 1. The van der Waals surface area contributed by atoms with Crippen molar-refractivity contribution in [3.8, 4) is 5.69 Å². The number of hydrogen-bond donors (Lipinski definition) is 1. The molecule has 1 atom stereocenters. The summed E-state index contributed by atoms with van der Waals surface area (Å²) in [6.07, 6.45) is 1.69. The van der Waals surface area contributed by atoms with E-state index in [0.29, 0.717) is 5.16 Å². The Morgan fingerprint density at radius 1 is 1.13 bits per heavy atom. The van der Waals surface area contributed by atoms with Gasteiger partial charge in [0.2, 0.25) is 5.91 Å². The third-order valence-electron chi connectivity index (χ3n) is 4.74. The molecular formula is C23H22N4OS2. The van der Waals surface area contributed by atoms with Gasteiger partial charge in [-0.25, -0.2) is 0 Å². The highest BCUT2D eigenvalue weighted by molar-refractivity contribution is 7.99. The number of thioether (sulfide) groups is 1. The van der Waals surface area contributed by atoms with Crippen LogP contribution in [0.5, 0.6) is 0 Å². The lowest BCUT2D eigenvalue weighted by atomic mass is 10.1. The molecule has 2 aromatic heterocycles. The van der Waals surface area contributed by atoms with Crippen LogP contribution in [-0.4, -0.2) is 26.4 Å². The number of carbonyl (C=O) groups excluding carboxylic acids is 1. The number of aryl methyl sites for hydroxylation is 2. The molecule has 0 aliphatic carbocycles. The van der Waals surface area contributed by atoms with Crippen LogP contribution in [0, 0.1) is 13.8 Å². The minimum atomic E-state index is -0.156. The molecule has 7 heteroatoms. The topological polar surface area (TPSA) is 59.8 Å². The molecule has 1 N–H and O–H groups in total. The van der Waals surface area contributed by atoms with Gasteiger partial charge in [-0.05, 0) is 48.1 Å². The number of nitrogens with one attached hydrogen (secondary N) is 1. The van der Waals surface area contributed by atoms with Gasteiger partial charge in [0.05, 0.1) is 17.5 Å². The van der Waals surface area contributed by atoms with E-state index in [2.05, 4.69) is 47.6 Å². The van der Waals surface area contributed by atoms with Gasteiger partial charge in [-0.1, -0.05) is 60.3 Å². The monoisotopic (exact) mass is 434 g/mol. The highest BCUT2D eigenvalue weighted by Crippen LogP contribution is 2.27. The molecule has 0 saturated carbocycles. The van der Waals surface area contributed by atoms with E-state index in [1.165, 1.54) is 17.3 Å². The van der Waals surface area contributed by atoms with Crippen LogP contribution in [0.25, 0.3) is 5.69 Å². The molecule has 4 rings (SSSR count). The molecule has 0 spiro atoms. The van der Waals surface area contributed by atoms with E-state index in [4.69, 9.17) is 0 Å². The van der Waals surface area contributed by atoms with Gasteiger partial charge in [-0.3, -0.25) is 9.36 Å². The lowest BCUT2D eigenvalue weighted by Crippen LogP contribution is -2.30. The predicted molar refractivity (Wildman–Crippen MR) is 122 cm³/mol. The third-order valence-corrected chi connectivity index (χ3v) is 6.62. The molecule has 0 bridgehead atoms. The number of nitrogens with zero attached hydrogens (tertiary/aromatic N) is 3. The zero-order valence-corrected chi connectivity index (χ0v) is 18.4. The fourth-order valence-electron chi connectivity index (χ4n) is 3.22. The Morgan fingerprint density at radius 3 is 2.73 bits per heavy atom. The number of aromatic nitrogens is 3. The first kappa shape index (κ1) is 20.4. The summed E-state index contributed by atoms with van der Waals surface area (Å²) in [6.45, 7) is 4.11. The van der Waals surface area contributed by atoms with Crippen LogP contribution >= 0.6 is 23.1 Å². The molecule has 2 heterocycles. The molecule has 2 aromatic carbocycles. The van der Waals surface area contributed by atoms with Gasteiger partial charge in [-0.15, -0.1) is 21.5 Å². The van der Waals surface area contributed by atoms with Crippen LogP contribution in [-0.2, 0) is 4.79 Å². The number of carbonyl (C=O) groups is 1. The Hall–Kier alpha value is -2.90. The first-order valence-electron chi connectivity index (χ1n) is 9.60. The van der Waals surface area contributed by atoms with Crippen molar-refractivity contribution in [3.05, 3.63) is 93.9 Å². The molecular weight excluding hydrogens is 412 g/mol. The Morgan fingerprint density at radius 2 is 1.97 bits per heavy atom. The van der Waals surface area contributed by atoms with E-state index >= 15 is 0 Å². The molecule has 0 fully saturated rings. The molecule has 30 heavy (non-hydrogen) atoms. The maximum atomic E-state index is 12.8. The molecule has 152 valence electrons. The second kappa shape index (κ2) is 9.28. The molecule has 1 amide bonds. The molecule has 5 nitrogen and oxygen atoms in total. The van der Waals surface area contributed by atoms with Crippen LogP contribution in [0.15, 0.2) is 77.5 Å². The van der Waals surface area contributed by atoms with Gasteiger partial charge in [-0.2, -0.15) is 0 Å². The molecule has 0 radical (unpaired) electrons. The van der Waals surface area contributed by atoms with Gasteiger partial charge < -0.3 is 5.32 Å². The summed E-state index contributed by atoms with van der Waals surface area (Å²) >= 11 is 3.02. The smallest absolute Gasteiger partial charge is 0.231 e. The van der Waals surface area contributed by atoms with E-state index in [9.17, 15) is 4.79 Å². The standard InChI is InChI=1S/C23H22N4OS2/c1-16-10-11-17(2)19(13-16)27-15-24-26-23(27)30-14-21(28)25-22(20-9-6-12-29-20)18-7-4-3-5-8-18/h3-13,15,22H,14H2,1-2H3,(H,25,28)/t22-/m0/s1. The summed E-state index contributed by atoms with van der Waals surface area (Å²) in [5, 5.41) is 14.2. The summed E-state index contributed by atoms with van der Waals surface area (Å²) < 4.78 is 1.94. The zero-order chi connectivity index (χ0) is 20.9. The lowest BCUT2D eigenvalue weighted by Gasteiger charge is -2.18. The zero-order valence-electron chi connectivity index (χ0n) is 16.8. The largest absolute Gasteiger partial charge is 0.344 e. The van der Waals surface area contributed by atoms with Crippen molar-refractivity contribution in [2.45, 2.75) is 25.0 Å². The van der Waals surface area contributed by atoms with Crippen LogP contribution in [0.3, 0.4) is 0 Å². The lowest BCUT2D eigenvalue weighted by molar-refractivity contribution is -0.119. The second-order valence-corrected chi connectivity index (χ2v) is 8.91. The van der Waals surface area contributed by atoms with Gasteiger partial charge in [0.25, 0.3) is 0 Å². The number of benzene rings is 2. The average Bonchev–Trinajstić information content (AvgIpc) is 3.45. The second-order valence-electron chi connectivity index (χ2n) is 6.99. The van der Waals surface area contributed by atoms with Crippen LogP contribution in [0.4, 0.5) is 0 Å². The Labute approximate surface area is 184 Å². The summed E-state index contributed by atoms with van der Waals surface area (Å²) in [6, 6.07) is 20.2. The molecule has 0 saturated heterocycles. The fraction of sp³-hybridized carbons (Fsp3) is 0.174. The maximum absolute atomic E-state index is 12.8. The predicted octanol–water partition coefficient (Wildman–Crippen LogP) is 4.94. The minimum absolute atomic E-state index is 0.0437. The van der Waals surface area contributed by atoms with Crippen LogP contribution < -0.4 is 5.32 Å². The SMILES string of the molecule is Cc1ccc(C)c(-n2cnnc2SCC(=O)N[C@@H](c2ccccc2)c2cccs2)c1. The first-order valence-corrected chi connectivity index (χ1v) is 11.5. The summed E-state index contributed by atoms with van der Waals surface area (Å²) in [5.74, 6) is 0.218. The van der Waals surface area contributed by atoms with Crippen molar-refractivity contribution in [3.63, 3.8) is 0 Å². The Kier molecular flexibility index (Phi) is 6.30. The molecule has 0 aliphatic heterocycles. The van der Waals surface area contributed by atoms with Crippen LogP contribution in [0.2, 0.25) is 0 Å².